The number of rotatable bonds is 1. The minimum Gasteiger partial charge on any atom is -0.358 e. The van der Waals surface area contributed by atoms with E-state index in [9.17, 15) is 0 Å². The quantitative estimate of drug-likeness (QED) is 0.626. The van der Waals surface area contributed by atoms with Crippen molar-refractivity contribution in [2.75, 3.05) is 6.54 Å². The van der Waals surface area contributed by atoms with Crippen LogP contribution in [0, 0.1) is 20.3 Å². The Morgan fingerprint density at radius 1 is 1.30 bits per heavy atom. The van der Waals surface area contributed by atoms with Gasteiger partial charge in [0.25, 0.3) is 0 Å². The maximum atomic E-state index is 5.11. The van der Waals surface area contributed by atoms with Gasteiger partial charge in [0, 0.05) is 0 Å². The minimum atomic E-state index is 0. The van der Waals surface area contributed by atoms with Crippen molar-refractivity contribution in [1.29, 1.82) is 0 Å². The van der Waals surface area contributed by atoms with Gasteiger partial charge >= 0.3 is 18.6 Å². The van der Waals surface area contributed by atoms with Crippen molar-refractivity contribution in [3.63, 3.8) is 0 Å². The first-order valence-corrected chi connectivity index (χ1v) is 1.80. The molecule has 0 aliphatic rings. The Hall–Kier alpha value is 0.544. The smallest absolute Gasteiger partial charge is 0.358 e. The molecule has 0 aliphatic carbocycles. The average molecular weight is 186 g/mol. The molecule has 0 heterocycles. The second-order valence-electron chi connectivity index (χ2n) is 1.34. The molecule has 0 aliphatic heterocycles. The third-order valence-corrected chi connectivity index (χ3v) is 0.402. The van der Waals surface area contributed by atoms with Crippen LogP contribution in [0.2, 0.25) is 0 Å². The Bertz CT molecular complexity index is 23.2. The molecule has 1 nitrogen and oxygen atoms in total. The Morgan fingerprint density at radius 2 is 1.40 bits per heavy atom. The van der Waals surface area contributed by atoms with Gasteiger partial charge in [-0.1, -0.05) is 29.2 Å². The topological polar surface area (TPSA) is 26.0 Å². The van der Waals surface area contributed by atoms with Crippen LogP contribution in [0.1, 0.15) is 29.2 Å². The first-order chi connectivity index (χ1) is 2.27. The van der Waals surface area contributed by atoms with E-state index in [2.05, 4.69) is 6.92 Å². The zero-order valence-electron chi connectivity index (χ0n) is 5.02. The summed E-state index contributed by atoms with van der Waals surface area (Å²) in [4.78, 5) is 0. The van der Waals surface area contributed by atoms with Crippen LogP contribution < -0.4 is 5.73 Å². The monoisotopic (exact) mass is 186 g/mol. The molecule has 0 saturated carbocycles. The molecule has 0 amide bonds. The van der Waals surface area contributed by atoms with Crippen molar-refractivity contribution in [3.8, 4) is 0 Å². The molecule has 0 bridgehead atoms. The molecule has 1 radical (unpaired) electrons. The fourth-order valence-corrected chi connectivity index (χ4v) is 0. The second kappa shape index (κ2) is 33.7. The minimum absolute atomic E-state index is 0. The molecule has 2 heteroatoms. The van der Waals surface area contributed by atoms with Gasteiger partial charge in [0.1, 0.15) is 0 Å². The van der Waals surface area contributed by atoms with Crippen LogP contribution in [-0.4, -0.2) is 6.54 Å². The maximum absolute atomic E-state index is 5.11. The standard InChI is InChI=1S/C4H10N.3CH4.CH3.V/c1-4(2)3-5;;;;;/h4H,1,3,5H2,2H3;3*1H4;1H3;/q-1;;;;-1;+2. The van der Waals surface area contributed by atoms with Crippen LogP contribution in [0.5, 0.6) is 0 Å². The van der Waals surface area contributed by atoms with Crippen molar-refractivity contribution in [2.45, 2.75) is 29.2 Å². The summed E-state index contributed by atoms with van der Waals surface area (Å²) < 4.78 is 0. The van der Waals surface area contributed by atoms with Crippen LogP contribution in [0.25, 0.3) is 0 Å². The van der Waals surface area contributed by atoms with E-state index in [0.717, 1.165) is 0 Å². The van der Waals surface area contributed by atoms with E-state index in [1.807, 2.05) is 6.92 Å². The van der Waals surface area contributed by atoms with Gasteiger partial charge in [-0.25, -0.2) is 0 Å². The summed E-state index contributed by atoms with van der Waals surface area (Å²) in [7, 11) is 0. The zero-order valence-corrected chi connectivity index (χ0v) is 6.41. The van der Waals surface area contributed by atoms with Gasteiger partial charge < -0.3 is 20.1 Å². The first kappa shape index (κ1) is 46.5. The maximum Gasteiger partial charge on any atom is 2.00 e. The summed E-state index contributed by atoms with van der Waals surface area (Å²) in [6.45, 7) is 6.31. The van der Waals surface area contributed by atoms with E-state index in [1.165, 1.54) is 0 Å². The number of hydrogen-bond acceptors (Lipinski definition) is 1. The van der Waals surface area contributed by atoms with Crippen molar-refractivity contribution in [1.82, 2.24) is 0 Å². The molecule has 0 saturated heterocycles. The van der Waals surface area contributed by atoms with Gasteiger partial charge in [0.15, 0.2) is 0 Å². The van der Waals surface area contributed by atoms with E-state index in [0.29, 0.717) is 12.5 Å². The molecule has 2 N–H and O–H groups in total. The van der Waals surface area contributed by atoms with E-state index >= 15 is 0 Å². The fourth-order valence-electron chi connectivity index (χ4n) is 0. The molecule has 1 atom stereocenters. The van der Waals surface area contributed by atoms with E-state index < -0.39 is 0 Å². The molecule has 0 aromatic rings. The third kappa shape index (κ3) is 75.1. The first-order valence-electron chi connectivity index (χ1n) is 1.80. The molecule has 0 aromatic heterocycles. The van der Waals surface area contributed by atoms with Crippen LogP contribution in [0.4, 0.5) is 0 Å². The molecular formula is C8H25NV. The van der Waals surface area contributed by atoms with Crippen LogP contribution in [0.3, 0.4) is 0 Å². The van der Waals surface area contributed by atoms with Gasteiger partial charge in [0.2, 0.25) is 0 Å². The fraction of sp³-hybridized carbons (Fsp3) is 0.750. The van der Waals surface area contributed by atoms with Gasteiger partial charge in [-0.2, -0.15) is 5.92 Å². The van der Waals surface area contributed by atoms with Gasteiger partial charge in [-0.05, 0) is 6.54 Å². The number of hydrogen-bond donors (Lipinski definition) is 1. The summed E-state index contributed by atoms with van der Waals surface area (Å²) in [6, 6.07) is 0. The van der Waals surface area contributed by atoms with Gasteiger partial charge in [-0.15, -0.1) is 0 Å². The summed E-state index contributed by atoms with van der Waals surface area (Å²) in [6.07, 6.45) is 0. The van der Waals surface area contributed by atoms with E-state index in [1.54, 1.807) is 0 Å². The van der Waals surface area contributed by atoms with Gasteiger partial charge in [-0.3, -0.25) is 0 Å². The average Bonchev–Trinajstić information content (AvgIpc) is 1.38. The van der Waals surface area contributed by atoms with Crippen LogP contribution in [-0.2, 0) is 18.6 Å². The largest absolute Gasteiger partial charge is 2.00 e. The number of nitrogens with two attached hydrogens (primary N) is 1. The molecule has 0 rings (SSSR count). The predicted octanol–water partition coefficient (Wildman–Crippen LogP) is 2.77. The zero-order chi connectivity index (χ0) is 4.28. The molecule has 67 valence electrons. The molecule has 0 spiro atoms. The van der Waals surface area contributed by atoms with Crippen molar-refractivity contribution < 1.29 is 18.6 Å². The summed E-state index contributed by atoms with van der Waals surface area (Å²) in [5.74, 6) is 0.412. The normalized spacial score (nSPS) is 7.50. The molecule has 0 aromatic carbocycles. The predicted molar refractivity (Wildman–Crippen MR) is 50.2 cm³/mol. The van der Waals surface area contributed by atoms with Crippen molar-refractivity contribution >= 4 is 0 Å². The van der Waals surface area contributed by atoms with Crippen LogP contribution >= 0.6 is 0 Å². The Kier molecular flexibility index (Phi) is 157. The Labute approximate surface area is 80.7 Å². The summed E-state index contributed by atoms with van der Waals surface area (Å²) in [5.41, 5.74) is 5.11. The van der Waals surface area contributed by atoms with Crippen LogP contribution in [0.15, 0.2) is 0 Å². The second-order valence-corrected chi connectivity index (χ2v) is 1.34. The molecule has 10 heavy (non-hydrogen) atoms. The van der Waals surface area contributed by atoms with E-state index in [-0.39, 0.29) is 48.3 Å². The molecule has 1 unspecified atom stereocenters. The van der Waals surface area contributed by atoms with Gasteiger partial charge in [0.05, 0.1) is 0 Å². The van der Waals surface area contributed by atoms with Crippen molar-refractivity contribution in [3.05, 3.63) is 14.4 Å². The SMILES string of the molecule is C.C.C.[CH2-]C(C)CN.[CH3-].[V+2]. The van der Waals surface area contributed by atoms with E-state index in [4.69, 9.17) is 5.73 Å². The Morgan fingerprint density at radius 3 is 1.40 bits per heavy atom. The Balaban J connectivity index is -0.00000000800. The molecular weight excluding hydrogens is 161 g/mol. The molecule has 0 fully saturated rings. The summed E-state index contributed by atoms with van der Waals surface area (Å²) >= 11 is 0. The third-order valence-electron chi connectivity index (χ3n) is 0.402. The summed E-state index contributed by atoms with van der Waals surface area (Å²) in [5, 5.41) is 0. The van der Waals surface area contributed by atoms with Crippen molar-refractivity contribution in [2.24, 2.45) is 11.7 Å².